The zero-order valence-electron chi connectivity index (χ0n) is 12.8. The molecule has 6 heteroatoms. The molecule has 0 aromatic rings. The van der Waals surface area contributed by atoms with Crippen LogP contribution in [0.1, 0.15) is 51.9 Å². The van der Waals surface area contributed by atoms with E-state index >= 15 is 0 Å². The maximum absolute atomic E-state index is 12.9. The summed E-state index contributed by atoms with van der Waals surface area (Å²) in [4.78, 5) is 0. The normalized spacial score (nSPS) is 30.8. The standard InChI is InChI=1S/C14H29N3O2S/c1-12-8-9-13(10-15)11-17(12)20(18,19)16(2)14-6-4-3-5-7-14/h12-14H,3-11,15H2,1-2H3. The van der Waals surface area contributed by atoms with Gasteiger partial charge in [-0.3, -0.25) is 0 Å². The van der Waals surface area contributed by atoms with Gasteiger partial charge in [-0.15, -0.1) is 0 Å². The number of nitrogens with two attached hydrogens (primary N) is 1. The third kappa shape index (κ3) is 3.35. The summed E-state index contributed by atoms with van der Waals surface area (Å²) in [6, 6.07) is 0.271. The van der Waals surface area contributed by atoms with Gasteiger partial charge in [0.15, 0.2) is 0 Å². The summed E-state index contributed by atoms with van der Waals surface area (Å²) in [7, 11) is -1.59. The zero-order valence-corrected chi connectivity index (χ0v) is 13.6. The minimum atomic E-state index is -3.34. The minimum absolute atomic E-state index is 0.0915. The van der Waals surface area contributed by atoms with Gasteiger partial charge in [0.05, 0.1) is 0 Å². The Labute approximate surface area is 123 Å². The van der Waals surface area contributed by atoms with E-state index in [1.165, 1.54) is 6.42 Å². The van der Waals surface area contributed by atoms with Gasteiger partial charge in [0.25, 0.3) is 10.2 Å². The molecule has 0 aromatic heterocycles. The van der Waals surface area contributed by atoms with Gasteiger partial charge in [0, 0.05) is 25.7 Å². The summed E-state index contributed by atoms with van der Waals surface area (Å²) < 4.78 is 29.0. The lowest BCUT2D eigenvalue weighted by molar-refractivity contribution is 0.187. The summed E-state index contributed by atoms with van der Waals surface area (Å²) >= 11 is 0. The van der Waals surface area contributed by atoms with E-state index in [2.05, 4.69) is 0 Å². The largest absolute Gasteiger partial charge is 0.330 e. The molecule has 2 rings (SSSR count). The van der Waals surface area contributed by atoms with Gasteiger partial charge in [0.1, 0.15) is 0 Å². The Morgan fingerprint density at radius 2 is 1.80 bits per heavy atom. The van der Waals surface area contributed by atoms with Gasteiger partial charge < -0.3 is 5.73 Å². The molecular weight excluding hydrogens is 274 g/mol. The van der Waals surface area contributed by atoms with Crippen molar-refractivity contribution in [1.82, 2.24) is 8.61 Å². The molecule has 20 heavy (non-hydrogen) atoms. The smallest absolute Gasteiger partial charge is 0.282 e. The molecule has 2 aliphatic rings. The first-order valence-electron chi connectivity index (χ1n) is 7.91. The molecule has 0 bridgehead atoms. The second-order valence-electron chi connectivity index (χ2n) is 6.41. The van der Waals surface area contributed by atoms with Crippen molar-refractivity contribution in [3.05, 3.63) is 0 Å². The van der Waals surface area contributed by atoms with Crippen LogP contribution in [0, 0.1) is 5.92 Å². The summed E-state index contributed by atoms with van der Waals surface area (Å²) in [5.41, 5.74) is 5.74. The number of nitrogens with zero attached hydrogens (tertiary/aromatic N) is 2. The van der Waals surface area contributed by atoms with E-state index < -0.39 is 10.2 Å². The van der Waals surface area contributed by atoms with Crippen LogP contribution < -0.4 is 5.73 Å². The van der Waals surface area contributed by atoms with Crippen LogP contribution in [-0.4, -0.2) is 49.2 Å². The van der Waals surface area contributed by atoms with E-state index in [0.717, 1.165) is 38.5 Å². The molecule has 0 spiro atoms. The Balaban J connectivity index is 2.10. The van der Waals surface area contributed by atoms with Crippen molar-refractivity contribution in [2.75, 3.05) is 20.1 Å². The van der Waals surface area contributed by atoms with Crippen molar-refractivity contribution in [3.8, 4) is 0 Å². The van der Waals surface area contributed by atoms with Gasteiger partial charge in [-0.1, -0.05) is 19.3 Å². The highest BCUT2D eigenvalue weighted by Gasteiger charge is 2.38. The van der Waals surface area contributed by atoms with Gasteiger partial charge in [-0.05, 0) is 45.1 Å². The third-order valence-corrected chi connectivity index (χ3v) is 7.13. The fourth-order valence-electron chi connectivity index (χ4n) is 3.46. The second-order valence-corrected chi connectivity index (χ2v) is 8.35. The number of piperidine rings is 1. The fourth-order valence-corrected chi connectivity index (χ4v) is 5.34. The van der Waals surface area contributed by atoms with Crippen molar-refractivity contribution in [1.29, 1.82) is 0 Å². The topological polar surface area (TPSA) is 66.6 Å². The van der Waals surface area contributed by atoms with E-state index in [-0.39, 0.29) is 12.1 Å². The maximum atomic E-state index is 12.9. The molecule has 2 N–H and O–H groups in total. The molecule has 0 amide bonds. The van der Waals surface area contributed by atoms with Crippen LogP contribution in [0.15, 0.2) is 0 Å². The fraction of sp³-hybridized carbons (Fsp3) is 1.00. The Hall–Kier alpha value is -0.170. The van der Waals surface area contributed by atoms with E-state index in [9.17, 15) is 8.42 Å². The zero-order chi connectivity index (χ0) is 14.8. The highest BCUT2D eigenvalue weighted by Crippen LogP contribution is 2.29. The highest BCUT2D eigenvalue weighted by molar-refractivity contribution is 7.86. The van der Waals surface area contributed by atoms with Crippen molar-refractivity contribution in [3.63, 3.8) is 0 Å². The molecule has 2 atom stereocenters. The van der Waals surface area contributed by atoms with Gasteiger partial charge in [-0.25, -0.2) is 0 Å². The molecule has 1 heterocycles. The number of hydrogen-bond donors (Lipinski definition) is 1. The minimum Gasteiger partial charge on any atom is -0.330 e. The van der Waals surface area contributed by atoms with Crippen molar-refractivity contribution < 1.29 is 8.42 Å². The van der Waals surface area contributed by atoms with Crippen LogP contribution in [0.5, 0.6) is 0 Å². The molecule has 2 fully saturated rings. The lowest BCUT2D eigenvalue weighted by Gasteiger charge is -2.41. The van der Waals surface area contributed by atoms with Crippen LogP contribution >= 0.6 is 0 Å². The van der Waals surface area contributed by atoms with Crippen LogP contribution in [0.4, 0.5) is 0 Å². The third-order valence-electron chi connectivity index (χ3n) is 5.00. The van der Waals surface area contributed by atoms with Crippen molar-refractivity contribution in [2.24, 2.45) is 11.7 Å². The molecule has 118 valence electrons. The molecule has 5 nitrogen and oxygen atoms in total. The summed E-state index contributed by atoms with van der Waals surface area (Å²) in [6.07, 6.45) is 7.48. The Bertz CT molecular complexity index is 407. The second kappa shape index (κ2) is 6.73. The van der Waals surface area contributed by atoms with Crippen LogP contribution in [-0.2, 0) is 10.2 Å². The molecule has 1 saturated heterocycles. The SMILES string of the molecule is CC1CCC(CN)CN1S(=O)(=O)N(C)C1CCCCC1. The van der Waals surface area contributed by atoms with E-state index in [4.69, 9.17) is 5.73 Å². The molecule has 0 radical (unpaired) electrons. The van der Waals surface area contributed by atoms with Crippen molar-refractivity contribution in [2.45, 2.75) is 64.0 Å². The summed E-state index contributed by atoms with van der Waals surface area (Å²) in [6.45, 7) is 3.17. The lowest BCUT2D eigenvalue weighted by Crippen LogP contribution is -2.54. The molecule has 1 aliphatic carbocycles. The summed E-state index contributed by atoms with van der Waals surface area (Å²) in [5, 5.41) is 0. The molecule has 2 unspecified atom stereocenters. The Morgan fingerprint density at radius 1 is 1.15 bits per heavy atom. The van der Waals surface area contributed by atoms with Gasteiger partial charge in [-0.2, -0.15) is 17.0 Å². The molecule has 0 aromatic carbocycles. The van der Waals surface area contributed by atoms with E-state index in [1.54, 1.807) is 15.7 Å². The maximum Gasteiger partial charge on any atom is 0.282 e. The molecule has 1 saturated carbocycles. The Kier molecular flexibility index (Phi) is 5.45. The summed E-state index contributed by atoms with van der Waals surface area (Å²) in [5.74, 6) is 0.306. The predicted octanol–water partition coefficient (Wildman–Crippen LogP) is 1.55. The first kappa shape index (κ1) is 16.2. The van der Waals surface area contributed by atoms with Crippen LogP contribution in [0.25, 0.3) is 0 Å². The van der Waals surface area contributed by atoms with Crippen LogP contribution in [0.2, 0.25) is 0 Å². The quantitative estimate of drug-likeness (QED) is 0.857. The number of rotatable bonds is 4. The van der Waals surface area contributed by atoms with Gasteiger partial charge >= 0.3 is 0 Å². The van der Waals surface area contributed by atoms with Gasteiger partial charge in [0.2, 0.25) is 0 Å². The molecular formula is C14H29N3O2S. The van der Waals surface area contributed by atoms with E-state index in [0.29, 0.717) is 19.0 Å². The Morgan fingerprint density at radius 3 is 2.40 bits per heavy atom. The lowest BCUT2D eigenvalue weighted by atomic mass is 9.96. The monoisotopic (exact) mass is 303 g/mol. The average molecular weight is 303 g/mol. The number of hydrogen-bond acceptors (Lipinski definition) is 3. The van der Waals surface area contributed by atoms with E-state index in [1.807, 2.05) is 6.92 Å². The van der Waals surface area contributed by atoms with Crippen LogP contribution in [0.3, 0.4) is 0 Å². The predicted molar refractivity (Wildman–Crippen MR) is 81.5 cm³/mol. The van der Waals surface area contributed by atoms with Crippen molar-refractivity contribution >= 4 is 10.2 Å². The first-order valence-corrected chi connectivity index (χ1v) is 9.31. The highest BCUT2D eigenvalue weighted by atomic mass is 32.2. The molecule has 1 aliphatic heterocycles. The first-order chi connectivity index (χ1) is 9.46. The average Bonchev–Trinajstić information content (AvgIpc) is 2.47.